The van der Waals surface area contributed by atoms with Crippen LogP contribution in [0.15, 0.2) is 47.9 Å². The second kappa shape index (κ2) is 7.80. The molecular weight excluding hydrogens is 304 g/mol. The Kier molecular flexibility index (Phi) is 5.78. The van der Waals surface area contributed by atoms with Gasteiger partial charge in [-0.15, -0.1) is 0 Å². The molecule has 1 aromatic carbocycles. The Balaban J connectivity index is 2.29. The molecule has 1 aromatic rings. The molecule has 0 aliphatic heterocycles. The average Bonchev–Trinajstić information content (AvgIpc) is 2.52. The van der Waals surface area contributed by atoms with Crippen molar-refractivity contribution in [2.45, 2.75) is 20.0 Å². The number of nitrogens with zero attached hydrogens (tertiary/aromatic N) is 2. The predicted molar refractivity (Wildman–Crippen MR) is 83.9 cm³/mol. The third kappa shape index (κ3) is 3.98. The first-order valence-electron chi connectivity index (χ1n) is 7.01. The zero-order valence-corrected chi connectivity index (χ0v) is 13.2. The minimum atomic E-state index is -0.485. The minimum Gasteiger partial charge on any atom is -0.490 e. The molecule has 0 saturated carbocycles. The van der Waals surface area contributed by atoms with E-state index < -0.39 is 6.10 Å². The molecule has 2 rings (SSSR count). The Morgan fingerprint density at radius 2 is 1.86 bits per heavy atom. The van der Waals surface area contributed by atoms with Crippen LogP contribution in [0.4, 0.5) is 0 Å². The number of hydrogen-bond donors (Lipinski definition) is 0. The van der Waals surface area contributed by atoms with Crippen LogP contribution in [0, 0.1) is 0 Å². The summed E-state index contributed by atoms with van der Waals surface area (Å²) in [6.07, 6.45) is 2.84. The molecule has 0 bridgehead atoms. The van der Waals surface area contributed by atoms with E-state index in [9.17, 15) is 0 Å². The fourth-order valence-corrected chi connectivity index (χ4v) is 2.10. The number of benzene rings is 1. The fourth-order valence-electron chi connectivity index (χ4n) is 1.97. The van der Waals surface area contributed by atoms with Crippen LogP contribution >= 0.6 is 11.6 Å². The van der Waals surface area contributed by atoms with Gasteiger partial charge in [-0.3, -0.25) is 0 Å². The lowest BCUT2D eigenvalue weighted by atomic mass is 10.1. The normalized spacial score (nSPS) is 17.4. The summed E-state index contributed by atoms with van der Waals surface area (Å²) in [6.45, 7) is 4.67. The summed E-state index contributed by atoms with van der Waals surface area (Å²) in [7, 11) is 0. The molecule has 1 aliphatic rings. The monoisotopic (exact) mass is 320 g/mol. The molecule has 116 valence electrons. The smallest absolute Gasteiger partial charge is 0.328 e. The van der Waals surface area contributed by atoms with Gasteiger partial charge in [0.1, 0.15) is 5.75 Å². The molecule has 6 heteroatoms. The van der Waals surface area contributed by atoms with Gasteiger partial charge in [-0.05, 0) is 38.1 Å². The Morgan fingerprint density at radius 1 is 1.14 bits per heavy atom. The quantitative estimate of drug-likeness (QED) is 0.594. The van der Waals surface area contributed by atoms with Crippen molar-refractivity contribution in [3.8, 4) is 5.75 Å². The van der Waals surface area contributed by atoms with Gasteiger partial charge >= 0.3 is 5.71 Å². The van der Waals surface area contributed by atoms with Crippen LogP contribution in [0.1, 0.15) is 13.8 Å². The zero-order valence-electron chi connectivity index (χ0n) is 12.5. The van der Waals surface area contributed by atoms with Crippen molar-refractivity contribution < 1.29 is 19.0 Å². The van der Waals surface area contributed by atoms with Gasteiger partial charge in [0.2, 0.25) is 0 Å². The van der Waals surface area contributed by atoms with Gasteiger partial charge in [-0.1, -0.05) is 11.6 Å². The molecule has 1 aliphatic carbocycles. The van der Waals surface area contributed by atoms with Crippen molar-refractivity contribution in [1.29, 1.82) is 0 Å². The predicted octanol–water partition coefficient (Wildman–Crippen LogP) is 3.61. The largest absolute Gasteiger partial charge is 0.490 e. The SMILES string of the molecule is CCOC1=CC(=[N+]=[N-])C(OCC)C=C1Oc1ccc(Cl)cc1. The highest BCUT2D eigenvalue weighted by Crippen LogP contribution is 2.25. The fraction of sp³-hybridized carbons (Fsp3) is 0.312. The van der Waals surface area contributed by atoms with Crippen molar-refractivity contribution in [2.75, 3.05) is 13.2 Å². The molecule has 0 spiro atoms. The number of halogens is 1. The Hall–Kier alpha value is -2.07. The van der Waals surface area contributed by atoms with E-state index >= 15 is 0 Å². The van der Waals surface area contributed by atoms with Crippen molar-refractivity contribution in [2.24, 2.45) is 0 Å². The minimum absolute atomic E-state index is 0.369. The van der Waals surface area contributed by atoms with Gasteiger partial charge < -0.3 is 19.7 Å². The molecule has 0 N–H and O–H groups in total. The van der Waals surface area contributed by atoms with E-state index in [-0.39, 0.29) is 0 Å². The van der Waals surface area contributed by atoms with E-state index in [1.54, 1.807) is 36.4 Å². The highest BCUT2D eigenvalue weighted by atomic mass is 35.5. The average molecular weight is 321 g/mol. The zero-order chi connectivity index (χ0) is 15.9. The lowest BCUT2D eigenvalue weighted by molar-refractivity contribution is -0.0227. The van der Waals surface area contributed by atoms with Gasteiger partial charge in [-0.25, -0.2) is 0 Å². The molecule has 1 atom stereocenters. The molecule has 0 radical (unpaired) electrons. The topological polar surface area (TPSA) is 64.1 Å². The lowest BCUT2D eigenvalue weighted by Crippen LogP contribution is -2.27. The summed E-state index contributed by atoms with van der Waals surface area (Å²) >= 11 is 5.87. The molecular formula is C16H17ClN2O3. The maximum absolute atomic E-state index is 9.10. The summed E-state index contributed by atoms with van der Waals surface area (Å²) < 4.78 is 16.9. The third-order valence-electron chi connectivity index (χ3n) is 2.92. The van der Waals surface area contributed by atoms with Crippen LogP contribution in [0.25, 0.3) is 5.53 Å². The molecule has 1 unspecified atom stereocenters. The molecule has 0 amide bonds. The summed E-state index contributed by atoms with van der Waals surface area (Å²) in [5.74, 6) is 1.62. The molecule has 0 saturated heterocycles. The standard InChI is InChI=1S/C16H17ClN2O3/c1-3-20-14-10-16(15(21-4-2)9-13(14)19-18)22-12-7-5-11(17)6-8-12/h5-10,14H,3-4H2,1-2H3. The van der Waals surface area contributed by atoms with Crippen LogP contribution in [-0.4, -0.2) is 29.8 Å². The maximum Gasteiger partial charge on any atom is 0.328 e. The lowest BCUT2D eigenvalue weighted by Gasteiger charge is -2.19. The van der Waals surface area contributed by atoms with Crippen molar-refractivity contribution in [3.05, 3.63) is 58.5 Å². The van der Waals surface area contributed by atoms with Gasteiger partial charge in [0, 0.05) is 17.7 Å². The Morgan fingerprint density at radius 3 is 2.45 bits per heavy atom. The van der Waals surface area contributed by atoms with E-state index in [0.29, 0.717) is 41.2 Å². The second-order valence-electron chi connectivity index (χ2n) is 4.43. The summed E-state index contributed by atoms with van der Waals surface area (Å²) in [5.41, 5.74) is 9.47. The first-order valence-corrected chi connectivity index (χ1v) is 7.39. The van der Waals surface area contributed by atoms with Crippen LogP contribution in [0.5, 0.6) is 5.75 Å². The van der Waals surface area contributed by atoms with Gasteiger partial charge in [0.05, 0.1) is 12.7 Å². The molecule has 22 heavy (non-hydrogen) atoms. The van der Waals surface area contributed by atoms with E-state index in [1.165, 1.54) is 0 Å². The molecule has 0 aromatic heterocycles. The van der Waals surface area contributed by atoms with Crippen molar-refractivity contribution >= 4 is 17.3 Å². The second-order valence-corrected chi connectivity index (χ2v) is 4.87. The van der Waals surface area contributed by atoms with Gasteiger partial charge in [0.25, 0.3) is 0 Å². The van der Waals surface area contributed by atoms with Gasteiger partial charge in [0.15, 0.2) is 17.6 Å². The summed E-state index contributed by atoms with van der Waals surface area (Å²) in [5, 5.41) is 0.632. The first-order chi connectivity index (χ1) is 10.7. The van der Waals surface area contributed by atoms with E-state index in [0.717, 1.165) is 0 Å². The van der Waals surface area contributed by atoms with Crippen LogP contribution < -0.4 is 4.74 Å². The highest BCUT2D eigenvalue weighted by Gasteiger charge is 2.29. The van der Waals surface area contributed by atoms with Crippen LogP contribution in [0.3, 0.4) is 0 Å². The Bertz CT molecular complexity index is 631. The Labute approximate surface area is 134 Å². The van der Waals surface area contributed by atoms with E-state index in [2.05, 4.69) is 4.79 Å². The highest BCUT2D eigenvalue weighted by molar-refractivity contribution is 6.30. The van der Waals surface area contributed by atoms with Crippen LogP contribution in [-0.2, 0) is 9.47 Å². The maximum atomic E-state index is 9.10. The van der Waals surface area contributed by atoms with E-state index in [4.69, 9.17) is 31.3 Å². The summed E-state index contributed by atoms with van der Waals surface area (Å²) in [6, 6.07) is 7.01. The number of rotatable bonds is 6. The molecule has 0 heterocycles. The first kappa shape index (κ1) is 16.3. The van der Waals surface area contributed by atoms with Crippen molar-refractivity contribution in [1.82, 2.24) is 0 Å². The van der Waals surface area contributed by atoms with Crippen LogP contribution in [0.2, 0.25) is 5.02 Å². The number of ether oxygens (including phenoxy) is 3. The van der Waals surface area contributed by atoms with Crippen molar-refractivity contribution in [3.63, 3.8) is 0 Å². The molecule has 0 fully saturated rings. The number of hydrogen-bond acceptors (Lipinski definition) is 3. The third-order valence-corrected chi connectivity index (χ3v) is 3.17. The van der Waals surface area contributed by atoms with E-state index in [1.807, 2.05) is 13.8 Å². The van der Waals surface area contributed by atoms with Gasteiger partial charge in [-0.2, -0.15) is 4.79 Å². The molecule has 5 nitrogen and oxygen atoms in total. The summed E-state index contributed by atoms with van der Waals surface area (Å²) in [4.78, 5) is 3.25.